The first-order valence-electron chi connectivity index (χ1n) is 7.49. The van der Waals surface area contributed by atoms with Crippen LogP contribution in [0.4, 0.5) is 5.69 Å². The molecule has 0 saturated heterocycles. The first-order chi connectivity index (χ1) is 10.6. The number of nitrogens with zero attached hydrogens (tertiary/aromatic N) is 2. The van der Waals surface area contributed by atoms with Crippen molar-refractivity contribution < 1.29 is 10.0 Å². The number of hydrogen-bond acceptors (Lipinski definition) is 5. The molecule has 0 unspecified atom stereocenters. The summed E-state index contributed by atoms with van der Waals surface area (Å²) in [5, 5.41) is 21.3. The fourth-order valence-electron chi connectivity index (χ4n) is 2.95. The van der Waals surface area contributed by atoms with Crippen LogP contribution in [0.5, 0.6) is 0 Å². The molecule has 1 aliphatic carbocycles. The van der Waals surface area contributed by atoms with Crippen molar-refractivity contribution in [2.75, 3.05) is 0 Å². The second kappa shape index (κ2) is 6.14. The molecule has 6 heteroatoms. The van der Waals surface area contributed by atoms with Gasteiger partial charge in [0.15, 0.2) is 0 Å². The highest BCUT2D eigenvalue weighted by Crippen LogP contribution is 2.42. The van der Waals surface area contributed by atoms with E-state index in [2.05, 4.69) is 4.98 Å². The Labute approximate surface area is 132 Å². The molecule has 0 radical (unpaired) electrons. The van der Waals surface area contributed by atoms with Gasteiger partial charge in [0.1, 0.15) is 11.1 Å². The van der Waals surface area contributed by atoms with Crippen LogP contribution in [0.3, 0.4) is 0 Å². The van der Waals surface area contributed by atoms with Gasteiger partial charge in [0.2, 0.25) is 0 Å². The number of benzene rings is 1. The number of nitro benzene ring substituents is 1. The van der Waals surface area contributed by atoms with Gasteiger partial charge in [-0.25, -0.2) is 4.98 Å². The molecule has 2 aromatic rings. The van der Waals surface area contributed by atoms with Crippen molar-refractivity contribution in [2.24, 2.45) is 0 Å². The normalized spacial score (nSPS) is 16.8. The molecule has 1 aromatic carbocycles. The Bertz CT molecular complexity index is 673. The molecule has 1 N–H and O–H groups in total. The van der Waals surface area contributed by atoms with Crippen molar-refractivity contribution in [3.05, 3.63) is 45.1 Å². The molecule has 1 atom stereocenters. The number of nitro groups is 1. The molecule has 5 nitrogen and oxygen atoms in total. The summed E-state index contributed by atoms with van der Waals surface area (Å²) in [5.41, 5.74) is 2.08. The largest absolute Gasteiger partial charge is 0.386 e. The third-order valence-corrected chi connectivity index (χ3v) is 5.40. The van der Waals surface area contributed by atoms with Crippen LogP contribution in [0.1, 0.15) is 55.3 Å². The van der Waals surface area contributed by atoms with Gasteiger partial charge in [-0.1, -0.05) is 12.8 Å². The number of non-ortho nitro benzene ring substituents is 1. The zero-order valence-corrected chi connectivity index (χ0v) is 13.2. The van der Waals surface area contributed by atoms with Gasteiger partial charge in [-0.2, -0.15) is 0 Å². The van der Waals surface area contributed by atoms with E-state index in [-0.39, 0.29) is 5.69 Å². The third kappa shape index (κ3) is 2.89. The second-order valence-corrected chi connectivity index (χ2v) is 6.76. The summed E-state index contributed by atoms with van der Waals surface area (Å²) in [4.78, 5) is 16.1. The van der Waals surface area contributed by atoms with Crippen molar-refractivity contribution in [1.29, 1.82) is 0 Å². The summed E-state index contributed by atoms with van der Waals surface area (Å²) in [6, 6.07) is 6.59. The van der Waals surface area contributed by atoms with E-state index < -0.39 is 11.0 Å². The highest BCUT2D eigenvalue weighted by molar-refractivity contribution is 7.15. The lowest BCUT2D eigenvalue weighted by Crippen LogP contribution is -1.97. The van der Waals surface area contributed by atoms with Gasteiger partial charge in [-0.05, 0) is 37.5 Å². The van der Waals surface area contributed by atoms with Crippen molar-refractivity contribution in [3.63, 3.8) is 0 Å². The lowest BCUT2D eigenvalue weighted by atomic mass is 10.00. The number of aliphatic hydroxyl groups excluding tert-OH is 1. The van der Waals surface area contributed by atoms with E-state index in [1.807, 2.05) is 0 Å². The van der Waals surface area contributed by atoms with Crippen LogP contribution in [0.25, 0.3) is 10.4 Å². The Morgan fingerprint density at radius 1 is 1.32 bits per heavy atom. The van der Waals surface area contributed by atoms with Gasteiger partial charge < -0.3 is 5.11 Å². The van der Waals surface area contributed by atoms with Crippen LogP contribution in [-0.2, 0) is 0 Å². The lowest BCUT2D eigenvalue weighted by molar-refractivity contribution is -0.384. The van der Waals surface area contributed by atoms with Gasteiger partial charge in [-0.3, -0.25) is 10.1 Å². The van der Waals surface area contributed by atoms with E-state index in [9.17, 15) is 15.2 Å². The van der Waals surface area contributed by atoms with Gasteiger partial charge in [0.05, 0.1) is 15.5 Å². The monoisotopic (exact) mass is 318 g/mol. The average Bonchev–Trinajstić information content (AvgIpc) is 3.16. The fraction of sp³-hybridized carbons (Fsp3) is 0.438. The molecule has 1 aliphatic rings. The van der Waals surface area contributed by atoms with Crippen LogP contribution in [0.2, 0.25) is 0 Å². The summed E-state index contributed by atoms with van der Waals surface area (Å²) >= 11 is 1.49. The fourth-order valence-corrected chi connectivity index (χ4v) is 4.04. The first-order valence-corrected chi connectivity index (χ1v) is 8.31. The first kappa shape index (κ1) is 15.1. The van der Waals surface area contributed by atoms with Crippen LogP contribution in [-0.4, -0.2) is 15.0 Å². The zero-order chi connectivity index (χ0) is 15.7. The van der Waals surface area contributed by atoms with Crippen molar-refractivity contribution in [2.45, 2.75) is 44.6 Å². The minimum Gasteiger partial charge on any atom is -0.386 e. The number of rotatable bonds is 4. The number of aromatic nitrogens is 1. The number of hydrogen-bond donors (Lipinski definition) is 1. The van der Waals surface area contributed by atoms with E-state index in [4.69, 9.17) is 0 Å². The minimum atomic E-state index is -0.586. The maximum atomic E-state index is 10.8. The lowest BCUT2D eigenvalue weighted by Gasteiger charge is -2.08. The highest BCUT2D eigenvalue weighted by Gasteiger charge is 2.25. The molecule has 116 valence electrons. The Balaban J connectivity index is 2.02. The summed E-state index contributed by atoms with van der Waals surface area (Å²) in [6.45, 7) is 1.72. The molecule has 1 fully saturated rings. The van der Waals surface area contributed by atoms with Gasteiger partial charge in [0, 0.05) is 18.1 Å². The molecular weight excluding hydrogens is 300 g/mol. The summed E-state index contributed by atoms with van der Waals surface area (Å²) in [7, 11) is 0. The molecule has 0 amide bonds. The van der Waals surface area contributed by atoms with E-state index in [1.165, 1.54) is 36.3 Å². The number of thiazole rings is 1. The summed E-state index contributed by atoms with van der Waals surface area (Å²) in [6.07, 6.45) is 4.10. The summed E-state index contributed by atoms with van der Waals surface area (Å²) < 4.78 is 0. The average molecular weight is 318 g/mol. The molecule has 0 aliphatic heterocycles. The molecule has 1 saturated carbocycles. The van der Waals surface area contributed by atoms with E-state index in [0.717, 1.165) is 34.0 Å². The predicted octanol–water partition coefficient (Wildman–Crippen LogP) is 4.43. The molecule has 0 bridgehead atoms. The van der Waals surface area contributed by atoms with Crippen molar-refractivity contribution >= 4 is 17.0 Å². The summed E-state index contributed by atoms with van der Waals surface area (Å²) in [5.74, 6) is 0.439. The highest BCUT2D eigenvalue weighted by atomic mass is 32.1. The molecule has 1 heterocycles. The van der Waals surface area contributed by atoms with Crippen LogP contribution >= 0.6 is 11.3 Å². The maximum Gasteiger partial charge on any atom is 0.269 e. The molecule has 22 heavy (non-hydrogen) atoms. The Morgan fingerprint density at radius 2 is 1.95 bits per heavy atom. The Kier molecular flexibility index (Phi) is 4.22. The smallest absolute Gasteiger partial charge is 0.269 e. The quantitative estimate of drug-likeness (QED) is 0.668. The molecule has 1 aromatic heterocycles. The molecule has 0 spiro atoms. The third-order valence-electron chi connectivity index (χ3n) is 4.11. The number of aliphatic hydroxyl groups is 1. The Hall–Kier alpha value is -1.79. The van der Waals surface area contributed by atoms with E-state index >= 15 is 0 Å². The topological polar surface area (TPSA) is 76.3 Å². The minimum absolute atomic E-state index is 0.0893. The Morgan fingerprint density at radius 3 is 2.50 bits per heavy atom. The van der Waals surface area contributed by atoms with Gasteiger partial charge in [-0.15, -0.1) is 11.3 Å². The van der Waals surface area contributed by atoms with E-state index in [0.29, 0.717) is 5.92 Å². The van der Waals surface area contributed by atoms with Gasteiger partial charge in [0.25, 0.3) is 5.69 Å². The standard InChI is InChI=1S/C16H18N2O3S/c1-10(19)16-17-14(11-4-2-3-5-11)15(22-16)12-6-8-13(9-7-12)18(20)21/h6-11,19H,2-5H2,1H3/t10-/m0/s1. The molecule has 3 rings (SSSR count). The van der Waals surface area contributed by atoms with E-state index in [1.54, 1.807) is 19.1 Å². The van der Waals surface area contributed by atoms with Crippen molar-refractivity contribution in [3.8, 4) is 10.4 Å². The van der Waals surface area contributed by atoms with Crippen molar-refractivity contribution in [1.82, 2.24) is 4.98 Å². The van der Waals surface area contributed by atoms with Crippen LogP contribution in [0, 0.1) is 10.1 Å². The second-order valence-electron chi connectivity index (χ2n) is 5.73. The molecular formula is C16H18N2O3S. The predicted molar refractivity (Wildman–Crippen MR) is 86.0 cm³/mol. The SMILES string of the molecule is C[C@H](O)c1nc(C2CCCC2)c(-c2ccc([N+](=O)[O-])cc2)s1. The zero-order valence-electron chi connectivity index (χ0n) is 12.4. The van der Waals surface area contributed by atoms with Crippen LogP contribution in [0.15, 0.2) is 24.3 Å². The van der Waals surface area contributed by atoms with Gasteiger partial charge >= 0.3 is 0 Å². The maximum absolute atomic E-state index is 10.8. The van der Waals surface area contributed by atoms with Crippen LogP contribution < -0.4 is 0 Å².